The van der Waals surface area contributed by atoms with Crippen LogP contribution in [0.1, 0.15) is 25.3 Å². The van der Waals surface area contributed by atoms with Gasteiger partial charge < -0.3 is 20.1 Å². The van der Waals surface area contributed by atoms with Gasteiger partial charge in [0.25, 0.3) is 0 Å². The van der Waals surface area contributed by atoms with E-state index in [1.165, 1.54) is 18.2 Å². The molecule has 2 N–H and O–H groups in total. The fraction of sp³-hybridized carbons (Fsp3) is 0.286. The smallest absolute Gasteiger partial charge is 0.245 e. The van der Waals surface area contributed by atoms with Gasteiger partial charge in [0.05, 0.1) is 20.4 Å². The molecule has 0 atom stereocenters. The molecule has 0 aliphatic rings. The summed E-state index contributed by atoms with van der Waals surface area (Å²) in [5.41, 5.74) is 1.56. The standard InChI is InChI=1S/C21H25FN2O3/c1-3-4-13-27-19-11-5-16(14-20(19)26-2)6-12-21(25)24-15-23-18-9-7-17(22)8-10-18/h5-12,14,23H,3-4,13,15H2,1-2H3,(H,24,25)/b12-6+. The van der Waals surface area contributed by atoms with Crippen LogP contribution in [0.15, 0.2) is 48.5 Å². The molecular weight excluding hydrogens is 347 g/mol. The SMILES string of the molecule is CCCCOc1ccc(/C=C/C(=O)NCNc2ccc(F)cc2)cc1OC. The second-order valence-corrected chi connectivity index (χ2v) is 5.85. The van der Waals surface area contributed by atoms with E-state index in [0.717, 1.165) is 24.1 Å². The van der Waals surface area contributed by atoms with E-state index in [0.29, 0.717) is 18.1 Å². The van der Waals surface area contributed by atoms with E-state index in [9.17, 15) is 9.18 Å². The first-order valence-corrected chi connectivity index (χ1v) is 8.88. The van der Waals surface area contributed by atoms with Crippen LogP contribution in [-0.4, -0.2) is 26.3 Å². The Balaban J connectivity index is 1.84. The number of halogens is 1. The van der Waals surface area contributed by atoms with Crippen molar-refractivity contribution in [2.75, 3.05) is 25.7 Å². The quantitative estimate of drug-likeness (QED) is 0.373. The maximum absolute atomic E-state index is 12.8. The number of ether oxygens (including phenoxy) is 2. The van der Waals surface area contributed by atoms with Crippen molar-refractivity contribution in [2.45, 2.75) is 19.8 Å². The highest BCUT2D eigenvalue weighted by Crippen LogP contribution is 2.28. The molecule has 1 amide bonds. The van der Waals surface area contributed by atoms with Gasteiger partial charge in [0.15, 0.2) is 11.5 Å². The molecule has 0 unspecified atom stereocenters. The number of benzene rings is 2. The molecule has 2 aromatic rings. The van der Waals surface area contributed by atoms with Crippen molar-refractivity contribution in [1.29, 1.82) is 0 Å². The van der Waals surface area contributed by atoms with Crippen molar-refractivity contribution in [3.05, 3.63) is 59.9 Å². The first-order chi connectivity index (χ1) is 13.1. The van der Waals surface area contributed by atoms with Crippen LogP contribution in [0.3, 0.4) is 0 Å². The predicted octanol–water partition coefficient (Wildman–Crippen LogP) is 4.21. The van der Waals surface area contributed by atoms with Gasteiger partial charge in [-0.2, -0.15) is 0 Å². The van der Waals surface area contributed by atoms with Crippen molar-refractivity contribution in [2.24, 2.45) is 0 Å². The Hall–Kier alpha value is -3.02. The minimum atomic E-state index is -0.301. The van der Waals surface area contributed by atoms with E-state index in [1.807, 2.05) is 18.2 Å². The van der Waals surface area contributed by atoms with Crippen LogP contribution in [0.5, 0.6) is 11.5 Å². The highest BCUT2D eigenvalue weighted by Gasteiger charge is 2.05. The number of nitrogens with one attached hydrogen (secondary N) is 2. The number of methoxy groups -OCH3 is 1. The third-order valence-corrected chi connectivity index (χ3v) is 3.77. The summed E-state index contributed by atoms with van der Waals surface area (Å²) in [5, 5.41) is 5.69. The Morgan fingerprint density at radius 1 is 1.15 bits per heavy atom. The lowest BCUT2D eigenvalue weighted by Crippen LogP contribution is -2.27. The number of hydrogen-bond donors (Lipinski definition) is 2. The number of anilines is 1. The number of amides is 1. The molecule has 0 bridgehead atoms. The largest absolute Gasteiger partial charge is 0.493 e. The number of carbonyl (C=O) groups is 1. The van der Waals surface area contributed by atoms with Crippen molar-refractivity contribution < 1.29 is 18.7 Å². The van der Waals surface area contributed by atoms with E-state index in [1.54, 1.807) is 25.3 Å². The summed E-state index contributed by atoms with van der Waals surface area (Å²) in [5.74, 6) is 0.777. The lowest BCUT2D eigenvalue weighted by Gasteiger charge is -2.11. The van der Waals surface area contributed by atoms with E-state index >= 15 is 0 Å². The maximum Gasteiger partial charge on any atom is 0.245 e. The molecule has 0 aliphatic carbocycles. The average Bonchev–Trinajstić information content (AvgIpc) is 2.68. The Kier molecular flexibility index (Phi) is 8.16. The van der Waals surface area contributed by atoms with Gasteiger partial charge in [-0.25, -0.2) is 4.39 Å². The van der Waals surface area contributed by atoms with Gasteiger partial charge in [0, 0.05) is 11.8 Å². The molecule has 0 heterocycles. The molecular formula is C21H25FN2O3. The van der Waals surface area contributed by atoms with Gasteiger partial charge in [0.1, 0.15) is 5.82 Å². The zero-order valence-corrected chi connectivity index (χ0v) is 15.6. The van der Waals surface area contributed by atoms with Crippen molar-refractivity contribution in [1.82, 2.24) is 5.32 Å². The number of carbonyl (C=O) groups excluding carboxylic acids is 1. The summed E-state index contributed by atoms with van der Waals surface area (Å²) in [7, 11) is 1.59. The van der Waals surface area contributed by atoms with E-state index in [4.69, 9.17) is 9.47 Å². The van der Waals surface area contributed by atoms with Crippen molar-refractivity contribution in [3.63, 3.8) is 0 Å². The lowest BCUT2D eigenvalue weighted by atomic mass is 10.2. The summed E-state index contributed by atoms with van der Waals surface area (Å²) in [4.78, 5) is 11.9. The molecule has 6 heteroatoms. The number of hydrogen-bond acceptors (Lipinski definition) is 4. The molecule has 0 saturated carbocycles. The van der Waals surface area contributed by atoms with E-state index < -0.39 is 0 Å². The Labute approximate surface area is 159 Å². The molecule has 0 radical (unpaired) electrons. The fourth-order valence-corrected chi connectivity index (χ4v) is 2.27. The minimum Gasteiger partial charge on any atom is -0.493 e. The van der Waals surface area contributed by atoms with Crippen LogP contribution in [0.2, 0.25) is 0 Å². The molecule has 2 rings (SSSR count). The number of rotatable bonds is 10. The highest BCUT2D eigenvalue weighted by atomic mass is 19.1. The average molecular weight is 372 g/mol. The normalized spacial score (nSPS) is 10.6. The molecule has 0 aliphatic heterocycles. The van der Waals surface area contributed by atoms with Crippen molar-refractivity contribution >= 4 is 17.7 Å². The predicted molar refractivity (Wildman–Crippen MR) is 105 cm³/mol. The van der Waals surface area contributed by atoms with Crippen molar-refractivity contribution in [3.8, 4) is 11.5 Å². The molecule has 5 nitrogen and oxygen atoms in total. The first kappa shape index (κ1) is 20.3. The summed E-state index contributed by atoms with van der Waals surface area (Å²) in [6.07, 6.45) is 5.19. The van der Waals surface area contributed by atoms with Crippen LogP contribution in [0, 0.1) is 5.82 Å². The molecule has 0 aromatic heterocycles. The lowest BCUT2D eigenvalue weighted by molar-refractivity contribution is -0.116. The molecule has 0 spiro atoms. The maximum atomic E-state index is 12.8. The summed E-state index contributed by atoms with van der Waals surface area (Å²) >= 11 is 0. The van der Waals surface area contributed by atoms with Gasteiger partial charge >= 0.3 is 0 Å². The van der Waals surface area contributed by atoms with Crippen LogP contribution in [-0.2, 0) is 4.79 Å². The Morgan fingerprint density at radius 3 is 2.63 bits per heavy atom. The fourth-order valence-electron chi connectivity index (χ4n) is 2.27. The zero-order valence-electron chi connectivity index (χ0n) is 15.6. The molecule has 0 fully saturated rings. The Bertz CT molecular complexity index is 761. The second-order valence-electron chi connectivity index (χ2n) is 5.85. The summed E-state index contributed by atoms with van der Waals surface area (Å²) in [6.45, 7) is 2.99. The van der Waals surface area contributed by atoms with Crippen LogP contribution in [0.4, 0.5) is 10.1 Å². The van der Waals surface area contributed by atoms with E-state index in [2.05, 4.69) is 17.6 Å². The van der Waals surface area contributed by atoms with Gasteiger partial charge in [-0.15, -0.1) is 0 Å². The second kappa shape index (κ2) is 10.9. The highest BCUT2D eigenvalue weighted by molar-refractivity contribution is 5.91. The van der Waals surface area contributed by atoms with Crippen LogP contribution < -0.4 is 20.1 Å². The van der Waals surface area contributed by atoms with Crippen LogP contribution >= 0.6 is 0 Å². The molecule has 2 aromatic carbocycles. The summed E-state index contributed by atoms with van der Waals surface area (Å²) in [6, 6.07) is 11.4. The van der Waals surface area contributed by atoms with Crippen LogP contribution in [0.25, 0.3) is 6.08 Å². The summed E-state index contributed by atoms with van der Waals surface area (Å²) < 4.78 is 23.9. The monoisotopic (exact) mass is 372 g/mol. The third kappa shape index (κ3) is 7.01. The topological polar surface area (TPSA) is 59.6 Å². The van der Waals surface area contributed by atoms with Gasteiger partial charge in [0.2, 0.25) is 5.91 Å². The number of unbranched alkanes of at least 4 members (excludes halogenated alkanes) is 1. The minimum absolute atomic E-state index is 0.238. The molecule has 144 valence electrons. The van der Waals surface area contributed by atoms with Gasteiger partial charge in [-0.05, 0) is 54.5 Å². The first-order valence-electron chi connectivity index (χ1n) is 8.88. The zero-order chi connectivity index (χ0) is 19.5. The van der Waals surface area contributed by atoms with Gasteiger partial charge in [-0.1, -0.05) is 19.4 Å². The van der Waals surface area contributed by atoms with Gasteiger partial charge in [-0.3, -0.25) is 4.79 Å². The third-order valence-electron chi connectivity index (χ3n) is 3.77. The Morgan fingerprint density at radius 2 is 1.93 bits per heavy atom. The van der Waals surface area contributed by atoms with E-state index in [-0.39, 0.29) is 18.4 Å². The molecule has 27 heavy (non-hydrogen) atoms. The molecule has 0 saturated heterocycles.